The Labute approximate surface area is 102 Å². The van der Waals surface area contributed by atoms with Crippen LogP contribution in [0, 0.1) is 11.8 Å². The number of esters is 1. The maximum Gasteiger partial charge on any atom is 0.309 e. The summed E-state index contributed by atoms with van der Waals surface area (Å²) in [6.07, 6.45) is 2.34. The predicted molar refractivity (Wildman–Crippen MR) is 62.8 cm³/mol. The molecule has 2 aliphatic rings. The number of hydrogen-bond acceptors (Lipinski definition) is 5. The first-order chi connectivity index (χ1) is 7.84. The number of ether oxygens (including phenoxy) is 1. The Morgan fingerprint density at radius 3 is 2.53 bits per heavy atom. The number of carbonyl (C=O) groups is 1. The third kappa shape index (κ3) is 3.18. The van der Waals surface area contributed by atoms with E-state index in [1.54, 1.807) is 0 Å². The molecule has 2 fully saturated rings. The second-order valence-corrected chi connectivity index (χ2v) is 6.26. The van der Waals surface area contributed by atoms with Gasteiger partial charge in [0.25, 0.3) is 0 Å². The van der Waals surface area contributed by atoms with E-state index in [2.05, 4.69) is 10.9 Å². The lowest BCUT2D eigenvalue weighted by Crippen LogP contribution is -2.39. The smallest absolute Gasteiger partial charge is 0.309 e. The van der Waals surface area contributed by atoms with Gasteiger partial charge < -0.3 is 9.84 Å². The number of aliphatic hydroxyl groups excluding tert-OH is 1. The lowest BCUT2D eigenvalue weighted by atomic mass is 9.77. The maximum absolute atomic E-state index is 12.0. The molecule has 1 aliphatic heterocycles. The Morgan fingerprint density at radius 1 is 1.41 bits per heavy atom. The fourth-order valence-electron chi connectivity index (χ4n) is 2.56. The first-order valence-corrected chi connectivity index (χ1v) is 6.22. The van der Waals surface area contributed by atoms with Crippen LogP contribution in [-0.4, -0.2) is 28.9 Å². The van der Waals surface area contributed by atoms with Crippen molar-refractivity contribution in [3.63, 3.8) is 0 Å². The van der Waals surface area contributed by atoms with Crippen LogP contribution >= 0.6 is 0 Å². The molecule has 2 atom stereocenters. The van der Waals surface area contributed by atoms with E-state index in [0.717, 1.165) is 19.3 Å². The molecule has 1 aliphatic carbocycles. The molecule has 5 heteroatoms. The highest BCUT2D eigenvalue weighted by molar-refractivity contribution is 5.73. The Kier molecular flexibility index (Phi) is 3.18. The molecule has 98 valence electrons. The van der Waals surface area contributed by atoms with Gasteiger partial charge in [0, 0.05) is 6.61 Å². The normalized spacial score (nSPS) is 31.3. The van der Waals surface area contributed by atoms with Gasteiger partial charge in [-0.15, -0.1) is 0 Å². The van der Waals surface area contributed by atoms with E-state index in [4.69, 9.17) is 4.74 Å². The van der Waals surface area contributed by atoms with Gasteiger partial charge in [-0.3, -0.25) is 4.79 Å². The molecule has 0 bridgehead atoms. The van der Waals surface area contributed by atoms with E-state index in [9.17, 15) is 9.90 Å². The van der Waals surface area contributed by atoms with Crippen LogP contribution in [0.3, 0.4) is 0 Å². The van der Waals surface area contributed by atoms with Crippen molar-refractivity contribution in [2.45, 2.75) is 51.3 Å². The van der Waals surface area contributed by atoms with Crippen molar-refractivity contribution < 1.29 is 14.6 Å². The molecule has 2 rings (SSSR count). The van der Waals surface area contributed by atoms with Crippen molar-refractivity contribution in [2.24, 2.45) is 11.8 Å². The SMILES string of the molecule is CC(C)(C)OC(=O)[C@@H]1CC(CO)CC2(C1)NN2. The summed E-state index contributed by atoms with van der Waals surface area (Å²) < 4.78 is 5.41. The van der Waals surface area contributed by atoms with Crippen molar-refractivity contribution in [3.05, 3.63) is 0 Å². The maximum atomic E-state index is 12.0. The highest BCUT2D eigenvalue weighted by atomic mass is 16.6. The van der Waals surface area contributed by atoms with Gasteiger partial charge in [0.15, 0.2) is 0 Å². The highest BCUT2D eigenvalue weighted by Gasteiger charge is 2.50. The lowest BCUT2D eigenvalue weighted by Gasteiger charge is -2.33. The first kappa shape index (κ1) is 12.8. The molecule has 0 aromatic heterocycles. The van der Waals surface area contributed by atoms with Gasteiger partial charge in [-0.1, -0.05) is 0 Å². The summed E-state index contributed by atoms with van der Waals surface area (Å²) in [5.41, 5.74) is 5.61. The van der Waals surface area contributed by atoms with Crippen LogP contribution in [0.25, 0.3) is 0 Å². The van der Waals surface area contributed by atoms with Crippen molar-refractivity contribution >= 4 is 5.97 Å². The van der Waals surface area contributed by atoms with Gasteiger partial charge in [-0.2, -0.15) is 0 Å². The average Bonchev–Trinajstić information content (AvgIpc) is 2.94. The van der Waals surface area contributed by atoms with E-state index < -0.39 is 5.60 Å². The summed E-state index contributed by atoms with van der Waals surface area (Å²) in [5.74, 6) is -0.100. The predicted octanol–water partition coefficient (Wildman–Crippen LogP) is 0.541. The number of rotatable bonds is 2. The minimum Gasteiger partial charge on any atom is -0.460 e. The Hall–Kier alpha value is -0.650. The van der Waals surface area contributed by atoms with Crippen LogP contribution < -0.4 is 10.9 Å². The molecule has 3 N–H and O–H groups in total. The topological polar surface area (TPSA) is 90.4 Å². The minimum atomic E-state index is -0.444. The zero-order valence-electron chi connectivity index (χ0n) is 10.7. The molecule has 0 aromatic rings. The summed E-state index contributed by atoms with van der Waals surface area (Å²) >= 11 is 0. The molecule has 0 radical (unpaired) electrons. The van der Waals surface area contributed by atoms with Crippen LogP contribution in [-0.2, 0) is 9.53 Å². The molecule has 1 heterocycles. The fraction of sp³-hybridized carbons (Fsp3) is 0.917. The van der Waals surface area contributed by atoms with Gasteiger partial charge in [-0.05, 0) is 46.0 Å². The molecule has 0 aromatic carbocycles. The second-order valence-electron chi connectivity index (χ2n) is 6.26. The quantitative estimate of drug-likeness (QED) is 0.485. The summed E-state index contributed by atoms with van der Waals surface area (Å²) in [6.45, 7) is 5.76. The van der Waals surface area contributed by atoms with E-state index in [-0.39, 0.29) is 30.1 Å². The van der Waals surface area contributed by atoms with Crippen LogP contribution in [0.2, 0.25) is 0 Å². The van der Waals surface area contributed by atoms with Gasteiger partial charge in [-0.25, -0.2) is 10.9 Å². The van der Waals surface area contributed by atoms with Crippen molar-refractivity contribution in [3.8, 4) is 0 Å². The standard InChI is InChI=1S/C12H22N2O3/c1-11(2,3)17-10(16)9-4-8(7-15)5-12(6-9)13-14-12/h8-9,13-15H,4-7H2,1-3H3/t8?,9-/m1/s1. The monoisotopic (exact) mass is 242 g/mol. The largest absolute Gasteiger partial charge is 0.460 e. The van der Waals surface area contributed by atoms with Crippen LogP contribution in [0.1, 0.15) is 40.0 Å². The molecular formula is C12H22N2O3. The summed E-state index contributed by atoms with van der Waals surface area (Å²) in [4.78, 5) is 12.0. The summed E-state index contributed by atoms with van der Waals surface area (Å²) in [5, 5.41) is 9.28. The molecule has 5 nitrogen and oxygen atoms in total. The molecule has 17 heavy (non-hydrogen) atoms. The van der Waals surface area contributed by atoms with E-state index in [1.807, 2.05) is 20.8 Å². The Bertz CT molecular complexity index is 307. The third-order valence-corrected chi connectivity index (χ3v) is 3.33. The Morgan fingerprint density at radius 2 is 2.06 bits per heavy atom. The fourth-order valence-corrected chi connectivity index (χ4v) is 2.56. The number of hydrazine groups is 1. The summed E-state index contributed by atoms with van der Waals surface area (Å²) in [7, 11) is 0. The number of nitrogens with one attached hydrogen (secondary N) is 2. The van der Waals surface area contributed by atoms with Crippen LogP contribution in [0.5, 0.6) is 0 Å². The van der Waals surface area contributed by atoms with Gasteiger partial charge >= 0.3 is 5.97 Å². The Balaban J connectivity index is 1.98. The number of hydrogen-bond donors (Lipinski definition) is 3. The van der Waals surface area contributed by atoms with Crippen LogP contribution in [0.4, 0.5) is 0 Å². The van der Waals surface area contributed by atoms with Crippen molar-refractivity contribution in [1.82, 2.24) is 10.9 Å². The average molecular weight is 242 g/mol. The van der Waals surface area contributed by atoms with E-state index in [1.165, 1.54) is 0 Å². The molecule has 1 saturated heterocycles. The minimum absolute atomic E-state index is 0.123. The molecule has 1 unspecified atom stereocenters. The highest BCUT2D eigenvalue weighted by Crippen LogP contribution is 2.39. The van der Waals surface area contributed by atoms with Gasteiger partial charge in [0.1, 0.15) is 5.60 Å². The van der Waals surface area contributed by atoms with Gasteiger partial charge in [0.05, 0.1) is 11.6 Å². The molecular weight excluding hydrogens is 220 g/mol. The van der Waals surface area contributed by atoms with E-state index >= 15 is 0 Å². The van der Waals surface area contributed by atoms with Gasteiger partial charge in [0.2, 0.25) is 0 Å². The van der Waals surface area contributed by atoms with Crippen LogP contribution in [0.15, 0.2) is 0 Å². The number of aliphatic hydroxyl groups is 1. The first-order valence-electron chi connectivity index (χ1n) is 6.22. The zero-order chi connectivity index (χ0) is 12.7. The molecule has 1 spiro atoms. The molecule has 0 amide bonds. The van der Waals surface area contributed by atoms with Crippen molar-refractivity contribution in [1.29, 1.82) is 0 Å². The third-order valence-electron chi connectivity index (χ3n) is 3.33. The second kappa shape index (κ2) is 4.23. The lowest BCUT2D eigenvalue weighted by molar-refractivity contribution is -0.162. The zero-order valence-corrected chi connectivity index (χ0v) is 10.7. The number of carbonyl (C=O) groups excluding carboxylic acids is 1. The van der Waals surface area contributed by atoms with Crippen molar-refractivity contribution in [2.75, 3.05) is 6.61 Å². The molecule has 1 saturated carbocycles. The van der Waals surface area contributed by atoms with E-state index in [0.29, 0.717) is 0 Å². The summed E-state index contributed by atoms with van der Waals surface area (Å²) in [6, 6.07) is 0.